The third kappa shape index (κ3) is 8.44. The van der Waals surface area contributed by atoms with E-state index in [9.17, 15) is 4.79 Å². The average Bonchev–Trinajstić information content (AvgIpc) is 2.32. The van der Waals surface area contributed by atoms with E-state index in [0.29, 0.717) is 0 Å². The Morgan fingerprint density at radius 3 is 2.38 bits per heavy atom. The van der Waals surface area contributed by atoms with Gasteiger partial charge in [0.05, 0.1) is 7.11 Å². The second-order valence-electron chi connectivity index (χ2n) is 3.46. The fraction of sp³-hybridized carbons (Fsp3) is 0.750. The third-order valence-electron chi connectivity index (χ3n) is 2.29. The predicted molar refractivity (Wildman–Crippen MR) is 62.0 cm³/mol. The Balaban J connectivity index is 3.33. The number of hydrogen-bond acceptors (Lipinski definition) is 4. The number of carbonyl (C=O) groups excluding carboxylic acids is 1. The number of unbranched alkanes of at least 4 members (excludes halogenated alkanes) is 3. The van der Waals surface area contributed by atoms with Crippen molar-refractivity contribution in [2.24, 2.45) is 0 Å². The first-order valence-corrected chi connectivity index (χ1v) is 5.54. The standard InChI is InChI=1S/C12H22O4/c1-14-11(13)9-7-5-4-6-8-10-12(15-2)16-3/h7,9,12H,4-6,8,10H2,1-3H3/b9-7+. The van der Waals surface area contributed by atoms with E-state index in [1.165, 1.54) is 13.2 Å². The van der Waals surface area contributed by atoms with E-state index in [-0.39, 0.29) is 12.3 Å². The molecule has 0 rings (SSSR count). The lowest BCUT2D eigenvalue weighted by molar-refractivity contribution is -0.134. The number of ether oxygens (including phenoxy) is 3. The minimum atomic E-state index is -0.293. The number of allylic oxidation sites excluding steroid dienone is 1. The van der Waals surface area contributed by atoms with Gasteiger partial charge in [-0.2, -0.15) is 0 Å². The molecule has 0 amide bonds. The smallest absolute Gasteiger partial charge is 0.330 e. The molecule has 0 radical (unpaired) electrons. The number of esters is 1. The maximum Gasteiger partial charge on any atom is 0.330 e. The van der Waals surface area contributed by atoms with E-state index < -0.39 is 0 Å². The lowest BCUT2D eigenvalue weighted by Crippen LogP contribution is -2.12. The van der Waals surface area contributed by atoms with Crippen molar-refractivity contribution in [3.8, 4) is 0 Å². The van der Waals surface area contributed by atoms with E-state index in [0.717, 1.165) is 32.1 Å². The SMILES string of the molecule is COC(=O)/C=C/CCCCCC(OC)OC. The van der Waals surface area contributed by atoms with Crippen LogP contribution in [0.25, 0.3) is 0 Å². The van der Waals surface area contributed by atoms with Crippen molar-refractivity contribution < 1.29 is 19.0 Å². The molecule has 0 N–H and O–H groups in total. The monoisotopic (exact) mass is 230 g/mol. The summed E-state index contributed by atoms with van der Waals surface area (Å²) in [6.45, 7) is 0. The highest BCUT2D eigenvalue weighted by Gasteiger charge is 2.03. The molecule has 0 aromatic carbocycles. The van der Waals surface area contributed by atoms with Crippen molar-refractivity contribution in [3.63, 3.8) is 0 Å². The molecule has 94 valence electrons. The van der Waals surface area contributed by atoms with Crippen molar-refractivity contribution in [3.05, 3.63) is 12.2 Å². The van der Waals surface area contributed by atoms with Crippen molar-refractivity contribution in [2.45, 2.75) is 38.4 Å². The lowest BCUT2D eigenvalue weighted by atomic mass is 10.1. The van der Waals surface area contributed by atoms with Gasteiger partial charge in [0.2, 0.25) is 0 Å². The first-order valence-electron chi connectivity index (χ1n) is 5.54. The van der Waals surface area contributed by atoms with Crippen LogP contribution in [-0.2, 0) is 19.0 Å². The molecule has 0 atom stereocenters. The van der Waals surface area contributed by atoms with Crippen LogP contribution >= 0.6 is 0 Å². The van der Waals surface area contributed by atoms with Crippen LogP contribution in [0, 0.1) is 0 Å². The van der Waals surface area contributed by atoms with Crippen LogP contribution in [0.3, 0.4) is 0 Å². The Labute approximate surface area is 97.6 Å². The Morgan fingerprint density at radius 2 is 1.81 bits per heavy atom. The van der Waals surface area contributed by atoms with Crippen molar-refractivity contribution in [1.29, 1.82) is 0 Å². The minimum absolute atomic E-state index is 0.0920. The summed E-state index contributed by atoms with van der Waals surface area (Å²) in [5.74, 6) is -0.293. The highest BCUT2D eigenvalue weighted by Crippen LogP contribution is 2.08. The summed E-state index contributed by atoms with van der Waals surface area (Å²) < 4.78 is 14.6. The lowest BCUT2D eigenvalue weighted by Gasteiger charge is -2.12. The fourth-order valence-corrected chi connectivity index (χ4v) is 1.33. The molecule has 0 saturated heterocycles. The van der Waals surface area contributed by atoms with Crippen LogP contribution in [0.2, 0.25) is 0 Å². The molecule has 0 fully saturated rings. The quantitative estimate of drug-likeness (QED) is 0.264. The minimum Gasteiger partial charge on any atom is -0.466 e. The molecule has 0 saturated carbocycles. The highest BCUT2D eigenvalue weighted by molar-refractivity contribution is 5.81. The van der Waals surface area contributed by atoms with E-state index in [4.69, 9.17) is 9.47 Å². The first-order chi connectivity index (χ1) is 7.74. The molecule has 0 bridgehead atoms. The van der Waals surface area contributed by atoms with Gasteiger partial charge in [-0.1, -0.05) is 12.5 Å². The van der Waals surface area contributed by atoms with Crippen LogP contribution in [0.4, 0.5) is 0 Å². The predicted octanol–water partition coefficient (Wildman–Crippen LogP) is 2.29. The molecule has 4 heteroatoms. The van der Waals surface area contributed by atoms with E-state index >= 15 is 0 Å². The van der Waals surface area contributed by atoms with Crippen molar-refractivity contribution in [1.82, 2.24) is 0 Å². The number of carbonyl (C=O) groups is 1. The van der Waals surface area contributed by atoms with Gasteiger partial charge in [0.25, 0.3) is 0 Å². The summed E-state index contributed by atoms with van der Waals surface area (Å²) in [4.78, 5) is 10.7. The normalized spacial score (nSPS) is 11.2. The van der Waals surface area contributed by atoms with Gasteiger partial charge in [0, 0.05) is 20.3 Å². The molecule has 0 aromatic rings. The zero-order chi connectivity index (χ0) is 12.2. The van der Waals surface area contributed by atoms with E-state index in [1.54, 1.807) is 14.2 Å². The second-order valence-corrected chi connectivity index (χ2v) is 3.46. The van der Waals surface area contributed by atoms with Gasteiger partial charge in [0.15, 0.2) is 6.29 Å². The van der Waals surface area contributed by atoms with Gasteiger partial charge < -0.3 is 14.2 Å². The third-order valence-corrected chi connectivity index (χ3v) is 2.29. The molecular weight excluding hydrogens is 208 g/mol. The summed E-state index contributed by atoms with van der Waals surface area (Å²) in [5.41, 5.74) is 0. The molecule has 0 aromatic heterocycles. The van der Waals surface area contributed by atoms with Crippen molar-refractivity contribution in [2.75, 3.05) is 21.3 Å². The maximum atomic E-state index is 10.7. The van der Waals surface area contributed by atoms with Crippen LogP contribution in [0.15, 0.2) is 12.2 Å². The number of rotatable bonds is 9. The van der Waals surface area contributed by atoms with Gasteiger partial charge in [-0.15, -0.1) is 0 Å². The van der Waals surface area contributed by atoms with Crippen LogP contribution in [0.5, 0.6) is 0 Å². The van der Waals surface area contributed by atoms with Crippen molar-refractivity contribution >= 4 is 5.97 Å². The Morgan fingerprint density at radius 1 is 1.12 bits per heavy atom. The maximum absolute atomic E-state index is 10.7. The Bertz CT molecular complexity index is 197. The topological polar surface area (TPSA) is 44.8 Å². The molecule has 0 aliphatic rings. The molecule has 0 heterocycles. The van der Waals surface area contributed by atoms with Gasteiger partial charge in [-0.05, 0) is 25.7 Å². The summed E-state index contributed by atoms with van der Waals surface area (Å²) in [6.07, 6.45) is 8.27. The largest absolute Gasteiger partial charge is 0.466 e. The molecule has 16 heavy (non-hydrogen) atoms. The van der Waals surface area contributed by atoms with Gasteiger partial charge in [0.1, 0.15) is 0 Å². The van der Waals surface area contributed by atoms with Crippen LogP contribution in [-0.4, -0.2) is 33.6 Å². The molecular formula is C12H22O4. The summed E-state index contributed by atoms with van der Waals surface area (Å²) >= 11 is 0. The van der Waals surface area contributed by atoms with Gasteiger partial charge in [-0.25, -0.2) is 4.79 Å². The van der Waals surface area contributed by atoms with Gasteiger partial charge >= 0.3 is 5.97 Å². The molecule has 0 aliphatic carbocycles. The summed E-state index contributed by atoms with van der Waals surface area (Å²) in [7, 11) is 4.67. The second kappa shape index (κ2) is 10.6. The Hall–Kier alpha value is -0.870. The fourth-order valence-electron chi connectivity index (χ4n) is 1.33. The highest BCUT2D eigenvalue weighted by atomic mass is 16.7. The Kier molecular flexibility index (Phi) is 10.1. The number of hydrogen-bond donors (Lipinski definition) is 0. The molecule has 4 nitrogen and oxygen atoms in total. The number of methoxy groups -OCH3 is 3. The molecule has 0 aliphatic heterocycles. The molecule has 0 spiro atoms. The van der Waals surface area contributed by atoms with E-state index in [2.05, 4.69) is 4.74 Å². The summed E-state index contributed by atoms with van der Waals surface area (Å²) in [6, 6.07) is 0. The zero-order valence-corrected chi connectivity index (χ0v) is 10.4. The van der Waals surface area contributed by atoms with Crippen LogP contribution < -0.4 is 0 Å². The summed E-state index contributed by atoms with van der Waals surface area (Å²) in [5, 5.41) is 0. The van der Waals surface area contributed by atoms with Crippen LogP contribution in [0.1, 0.15) is 32.1 Å². The van der Waals surface area contributed by atoms with Gasteiger partial charge in [-0.3, -0.25) is 0 Å². The van der Waals surface area contributed by atoms with E-state index in [1.807, 2.05) is 6.08 Å². The molecule has 0 unspecified atom stereocenters. The average molecular weight is 230 g/mol. The zero-order valence-electron chi connectivity index (χ0n) is 10.4. The first kappa shape index (κ1) is 15.1.